The van der Waals surface area contributed by atoms with Gasteiger partial charge < -0.3 is 10.2 Å². The molecular weight excluding hydrogens is 355 g/mol. The maximum absolute atomic E-state index is 12.3. The summed E-state index contributed by atoms with van der Waals surface area (Å²) >= 11 is 12.4. The molecule has 0 aliphatic carbocycles. The number of carbonyl (C=O) groups is 1. The van der Waals surface area contributed by atoms with Gasteiger partial charge in [-0.15, -0.1) is 0 Å². The molecule has 1 fully saturated rings. The van der Waals surface area contributed by atoms with Crippen LogP contribution in [0.1, 0.15) is 25.0 Å². The number of hydrogen-bond donors (Lipinski definition) is 1. The lowest BCUT2D eigenvalue weighted by molar-refractivity contribution is -0.118. The second-order valence-corrected chi connectivity index (χ2v) is 7.80. The zero-order chi connectivity index (χ0) is 17.8. The van der Waals surface area contributed by atoms with E-state index >= 15 is 0 Å². The highest BCUT2D eigenvalue weighted by atomic mass is 35.5. The number of anilines is 1. The molecule has 2 aromatic carbocycles. The number of halogens is 2. The second kappa shape index (κ2) is 5.52. The Balaban J connectivity index is 1.85. The topological polar surface area (TPSA) is 32.3 Å². The quantitative estimate of drug-likeness (QED) is 0.833. The van der Waals surface area contributed by atoms with Crippen molar-refractivity contribution in [3.05, 3.63) is 69.7 Å². The Morgan fingerprint density at radius 2 is 1.88 bits per heavy atom. The number of rotatable bonds is 2. The fourth-order valence-corrected chi connectivity index (χ4v) is 4.37. The van der Waals surface area contributed by atoms with Crippen LogP contribution in [0.3, 0.4) is 0 Å². The fourth-order valence-electron chi connectivity index (χ4n) is 4.00. The third-order valence-corrected chi connectivity index (χ3v) is 6.20. The number of carbonyl (C=O) groups excluding carboxylic acids is 1. The van der Waals surface area contributed by atoms with Gasteiger partial charge in [0.1, 0.15) is 5.66 Å². The van der Waals surface area contributed by atoms with Crippen LogP contribution in [0.15, 0.2) is 48.5 Å². The minimum absolute atomic E-state index is 0.0180. The molecule has 2 heterocycles. The lowest BCUT2D eigenvalue weighted by Crippen LogP contribution is -2.58. The first-order valence-corrected chi connectivity index (χ1v) is 8.94. The summed E-state index contributed by atoms with van der Waals surface area (Å²) in [5.41, 5.74) is 2.22. The van der Waals surface area contributed by atoms with E-state index in [0.717, 1.165) is 11.3 Å². The van der Waals surface area contributed by atoms with E-state index in [1.807, 2.05) is 36.4 Å². The highest BCUT2D eigenvalue weighted by Crippen LogP contribution is 2.52. The lowest BCUT2D eigenvalue weighted by atomic mass is 9.75. The molecule has 2 aromatic rings. The molecule has 0 radical (unpaired) electrons. The molecule has 128 valence electrons. The fraction of sp³-hybridized carbons (Fsp3) is 0.250. The summed E-state index contributed by atoms with van der Waals surface area (Å²) in [6, 6.07) is 13.8. The van der Waals surface area contributed by atoms with Gasteiger partial charge in [-0.2, -0.15) is 0 Å². The second-order valence-electron chi connectivity index (χ2n) is 7.02. The molecule has 1 saturated heterocycles. The maximum atomic E-state index is 12.3. The van der Waals surface area contributed by atoms with Crippen LogP contribution in [-0.4, -0.2) is 18.1 Å². The Labute approximate surface area is 157 Å². The zero-order valence-corrected chi connectivity index (χ0v) is 15.5. The molecular formula is C20H18Cl2N2O. The van der Waals surface area contributed by atoms with Crippen LogP contribution < -0.4 is 10.2 Å². The van der Waals surface area contributed by atoms with Crippen molar-refractivity contribution >= 4 is 40.9 Å². The van der Waals surface area contributed by atoms with Gasteiger partial charge in [-0.05, 0) is 29.3 Å². The Morgan fingerprint density at radius 3 is 2.68 bits per heavy atom. The number of fused-ring (bicyclic) bond motifs is 3. The van der Waals surface area contributed by atoms with Crippen LogP contribution in [0.2, 0.25) is 10.0 Å². The molecule has 0 saturated carbocycles. The van der Waals surface area contributed by atoms with Crippen molar-refractivity contribution in [2.45, 2.75) is 24.9 Å². The third-order valence-electron chi connectivity index (χ3n) is 5.36. The number of para-hydroxylation sites is 1. The van der Waals surface area contributed by atoms with Gasteiger partial charge >= 0.3 is 0 Å². The Morgan fingerprint density at radius 1 is 1.12 bits per heavy atom. The van der Waals surface area contributed by atoms with Crippen molar-refractivity contribution in [3.8, 4) is 0 Å². The van der Waals surface area contributed by atoms with Gasteiger partial charge in [0.15, 0.2) is 0 Å². The predicted octanol–water partition coefficient (Wildman–Crippen LogP) is 4.63. The van der Waals surface area contributed by atoms with Crippen LogP contribution in [0, 0.1) is 0 Å². The van der Waals surface area contributed by atoms with E-state index < -0.39 is 5.66 Å². The Hall–Kier alpha value is -1.97. The largest absolute Gasteiger partial charge is 0.335 e. The molecule has 25 heavy (non-hydrogen) atoms. The SMILES string of the molecule is CC1(C)c2ccccc2N2CC(=O)NC21/C=C/c1cccc(Cl)c1Cl. The lowest BCUT2D eigenvalue weighted by Gasteiger charge is -2.40. The van der Waals surface area contributed by atoms with E-state index in [4.69, 9.17) is 23.2 Å². The van der Waals surface area contributed by atoms with Crippen molar-refractivity contribution in [3.63, 3.8) is 0 Å². The van der Waals surface area contributed by atoms with Crippen molar-refractivity contribution in [2.75, 3.05) is 11.4 Å². The number of amides is 1. The van der Waals surface area contributed by atoms with Crippen LogP contribution >= 0.6 is 23.2 Å². The van der Waals surface area contributed by atoms with Crippen molar-refractivity contribution in [2.24, 2.45) is 0 Å². The summed E-state index contributed by atoms with van der Waals surface area (Å²) in [5.74, 6) is 0.0180. The van der Waals surface area contributed by atoms with Crippen molar-refractivity contribution in [1.82, 2.24) is 5.32 Å². The molecule has 0 bridgehead atoms. The maximum Gasteiger partial charge on any atom is 0.241 e. The van der Waals surface area contributed by atoms with Gasteiger partial charge in [0, 0.05) is 11.1 Å². The van der Waals surface area contributed by atoms with Crippen LogP contribution in [0.4, 0.5) is 5.69 Å². The van der Waals surface area contributed by atoms with Gasteiger partial charge in [-0.1, -0.05) is 73.5 Å². The summed E-state index contributed by atoms with van der Waals surface area (Å²) in [4.78, 5) is 14.4. The van der Waals surface area contributed by atoms with Gasteiger partial charge in [-0.25, -0.2) is 0 Å². The average Bonchev–Trinajstić information content (AvgIpc) is 3.01. The molecule has 0 spiro atoms. The zero-order valence-electron chi connectivity index (χ0n) is 14.0. The van der Waals surface area contributed by atoms with Gasteiger partial charge in [0.05, 0.1) is 16.6 Å². The highest BCUT2D eigenvalue weighted by Gasteiger charge is 2.59. The first-order valence-electron chi connectivity index (χ1n) is 8.18. The van der Waals surface area contributed by atoms with Crippen LogP contribution in [-0.2, 0) is 10.2 Å². The molecule has 3 nitrogen and oxygen atoms in total. The molecule has 0 aromatic heterocycles. The molecule has 5 heteroatoms. The molecule has 1 amide bonds. The first kappa shape index (κ1) is 16.5. The van der Waals surface area contributed by atoms with Gasteiger partial charge in [-0.3, -0.25) is 4.79 Å². The van der Waals surface area contributed by atoms with E-state index in [-0.39, 0.29) is 11.3 Å². The predicted molar refractivity (Wildman–Crippen MR) is 103 cm³/mol. The third kappa shape index (κ3) is 2.22. The standard InChI is InChI=1S/C20H18Cl2N2O/c1-19(2)14-7-3-4-9-16(14)24-12-17(25)23-20(19,24)11-10-13-6-5-8-15(21)18(13)22/h3-11H,12H2,1-2H3,(H,23,25)/b11-10+. The summed E-state index contributed by atoms with van der Waals surface area (Å²) < 4.78 is 0. The molecule has 2 aliphatic heterocycles. The number of nitrogens with one attached hydrogen (secondary N) is 1. The summed E-state index contributed by atoms with van der Waals surface area (Å²) in [5, 5.41) is 4.23. The molecule has 1 atom stereocenters. The molecule has 1 N–H and O–H groups in total. The highest BCUT2D eigenvalue weighted by molar-refractivity contribution is 6.42. The van der Waals surface area contributed by atoms with E-state index in [1.165, 1.54) is 5.56 Å². The summed E-state index contributed by atoms with van der Waals surface area (Å²) in [6.07, 6.45) is 3.98. The first-order chi connectivity index (χ1) is 11.9. The van der Waals surface area contributed by atoms with Gasteiger partial charge in [0.2, 0.25) is 5.91 Å². The van der Waals surface area contributed by atoms with Gasteiger partial charge in [0.25, 0.3) is 0 Å². The van der Waals surface area contributed by atoms with Crippen molar-refractivity contribution < 1.29 is 4.79 Å². The minimum Gasteiger partial charge on any atom is -0.335 e. The van der Waals surface area contributed by atoms with E-state index in [9.17, 15) is 4.79 Å². The van der Waals surface area contributed by atoms with E-state index in [1.54, 1.807) is 6.07 Å². The number of hydrogen-bond acceptors (Lipinski definition) is 2. The van der Waals surface area contributed by atoms with Crippen LogP contribution in [0.5, 0.6) is 0 Å². The summed E-state index contributed by atoms with van der Waals surface area (Å²) in [6.45, 7) is 4.65. The Kier molecular flexibility index (Phi) is 3.64. The molecule has 1 unspecified atom stereocenters. The monoisotopic (exact) mass is 372 g/mol. The smallest absolute Gasteiger partial charge is 0.241 e. The average molecular weight is 373 g/mol. The van der Waals surface area contributed by atoms with E-state index in [2.05, 4.69) is 36.2 Å². The molecule has 4 rings (SSSR count). The number of benzene rings is 2. The van der Waals surface area contributed by atoms with Crippen molar-refractivity contribution in [1.29, 1.82) is 0 Å². The minimum atomic E-state index is -0.626. The summed E-state index contributed by atoms with van der Waals surface area (Å²) in [7, 11) is 0. The molecule has 2 aliphatic rings. The number of nitrogens with zero attached hydrogens (tertiary/aromatic N) is 1. The normalized spacial score (nSPS) is 23.7. The van der Waals surface area contributed by atoms with E-state index in [0.29, 0.717) is 16.6 Å². The van der Waals surface area contributed by atoms with Crippen LogP contribution in [0.25, 0.3) is 6.08 Å². The Bertz CT molecular complexity index is 906.